The number of aromatic nitrogens is 1. The van der Waals surface area contributed by atoms with E-state index in [1.807, 2.05) is 42.5 Å². The van der Waals surface area contributed by atoms with E-state index < -0.39 is 11.7 Å². The third kappa shape index (κ3) is 3.49. The van der Waals surface area contributed by atoms with Gasteiger partial charge in [-0.05, 0) is 16.8 Å². The molecule has 0 bridgehead atoms. The van der Waals surface area contributed by atoms with Crippen LogP contribution in [-0.2, 0) is 6.18 Å². The van der Waals surface area contributed by atoms with Crippen LogP contribution in [0.25, 0.3) is 10.8 Å². The molecule has 0 spiro atoms. The molecule has 3 nitrogen and oxygen atoms in total. The molecule has 0 aliphatic heterocycles. The normalized spacial score (nSPS) is 12.0. The van der Waals surface area contributed by atoms with E-state index in [0.717, 1.165) is 22.4 Å². The van der Waals surface area contributed by atoms with Gasteiger partial charge in [-0.3, -0.25) is 5.43 Å². The highest BCUT2D eigenvalue weighted by molar-refractivity contribution is 6.33. The Balaban J connectivity index is 1.81. The first-order chi connectivity index (χ1) is 11.4. The summed E-state index contributed by atoms with van der Waals surface area (Å²) in [5, 5.41) is 5.93. The highest BCUT2D eigenvalue weighted by atomic mass is 35.5. The number of hydrogen-bond donors (Lipinski definition) is 1. The van der Waals surface area contributed by atoms with Crippen LogP contribution in [0.2, 0.25) is 5.02 Å². The maximum absolute atomic E-state index is 12.6. The van der Waals surface area contributed by atoms with Crippen LogP contribution in [-0.4, -0.2) is 11.2 Å². The summed E-state index contributed by atoms with van der Waals surface area (Å²) in [6.45, 7) is 0. The van der Waals surface area contributed by atoms with E-state index in [1.165, 1.54) is 0 Å². The Morgan fingerprint density at radius 3 is 2.58 bits per heavy atom. The number of anilines is 1. The molecular weight excluding hydrogens is 339 g/mol. The molecule has 122 valence electrons. The van der Waals surface area contributed by atoms with Crippen LogP contribution >= 0.6 is 11.6 Å². The number of alkyl halides is 3. The summed E-state index contributed by atoms with van der Waals surface area (Å²) in [5.41, 5.74) is 2.52. The molecule has 0 saturated heterocycles. The largest absolute Gasteiger partial charge is 0.417 e. The van der Waals surface area contributed by atoms with Gasteiger partial charge in [0.05, 0.1) is 16.8 Å². The van der Waals surface area contributed by atoms with Crippen molar-refractivity contribution in [2.45, 2.75) is 6.18 Å². The average molecular weight is 350 g/mol. The first-order valence-electron chi connectivity index (χ1n) is 6.95. The summed E-state index contributed by atoms with van der Waals surface area (Å²) in [6.07, 6.45) is -2.21. The summed E-state index contributed by atoms with van der Waals surface area (Å²) in [7, 11) is 0. The average Bonchev–Trinajstić information content (AvgIpc) is 2.55. The smallest absolute Gasteiger partial charge is 0.260 e. The molecule has 3 aromatic rings. The van der Waals surface area contributed by atoms with Gasteiger partial charge in [0.2, 0.25) is 0 Å². The molecule has 0 fully saturated rings. The second-order valence-electron chi connectivity index (χ2n) is 4.99. The van der Waals surface area contributed by atoms with Crippen molar-refractivity contribution in [1.29, 1.82) is 0 Å². The standard InChI is InChI=1S/C17H11ClF3N3/c18-15-8-13(17(19,20)21)10-22-16(15)24-23-9-12-6-3-5-11-4-1-2-7-14(11)12/h1-10H,(H,22,24)/b23-9+. The topological polar surface area (TPSA) is 37.3 Å². The number of pyridine rings is 1. The highest BCUT2D eigenvalue weighted by Gasteiger charge is 2.31. The number of nitrogens with zero attached hydrogens (tertiary/aromatic N) is 2. The van der Waals surface area contributed by atoms with Crippen LogP contribution in [0.15, 0.2) is 59.8 Å². The van der Waals surface area contributed by atoms with E-state index in [2.05, 4.69) is 15.5 Å². The van der Waals surface area contributed by atoms with Gasteiger partial charge < -0.3 is 0 Å². The van der Waals surface area contributed by atoms with Gasteiger partial charge in [0.15, 0.2) is 5.82 Å². The molecule has 0 unspecified atom stereocenters. The summed E-state index contributed by atoms with van der Waals surface area (Å²) in [6, 6.07) is 14.4. The van der Waals surface area contributed by atoms with E-state index >= 15 is 0 Å². The molecule has 1 heterocycles. The summed E-state index contributed by atoms with van der Waals surface area (Å²) in [5.74, 6) is 0.0566. The fraction of sp³-hybridized carbons (Fsp3) is 0.0588. The van der Waals surface area contributed by atoms with Crippen LogP contribution in [0.1, 0.15) is 11.1 Å². The minimum Gasteiger partial charge on any atom is -0.260 e. The summed E-state index contributed by atoms with van der Waals surface area (Å²) < 4.78 is 37.7. The molecule has 0 atom stereocenters. The third-order valence-electron chi connectivity index (χ3n) is 3.37. The first-order valence-corrected chi connectivity index (χ1v) is 7.32. The van der Waals surface area contributed by atoms with Gasteiger partial charge >= 0.3 is 6.18 Å². The van der Waals surface area contributed by atoms with Crippen LogP contribution in [0, 0.1) is 0 Å². The molecule has 7 heteroatoms. The van der Waals surface area contributed by atoms with E-state index in [4.69, 9.17) is 11.6 Å². The van der Waals surface area contributed by atoms with Crippen LogP contribution in [0.4, 0.5) is 19.0 Å². The molecule has 1 N–H and O–H groups in total. The molecule has 0 saturated carbocycles. The van der Waals surface area contributed by atoms with E-state index in [0.29, 0.717) is 6.20 Å². The van der Waals surface area contributed by atoms with Crippen molar-refractivity contribution < 1.29 is 13.2 Å². The molecule has 0 radical (unpaired) electrons. The SMILES string of the molecule is FC(F)(F)c1cnc(N/N=C/c2cccc3ccccc23)c(Cl)c1. The van der Waals surface area contributed by atoms with Gasteiger partial charge in [0.1, 0.15) is 0 Å². The van der Waals surface area contributed by atoms with Gasteiger partial charge in [-0.1, -0.05) is 54.1 Å². The Morgan fingerprint density at radius 2 is 1.83 bits per heavy atom. The van der Waals surface area contributed by atoms with Crippen molar-refractivity contribution in [1.82, 2.24) is 4.98 Å². The van der Waals surface area contributed by atoms with Crippen molar-refractivity contribution in [2.24, 2.45) is 5.10 Å². The van der Waals surface area contributed by atoms with Gasteiger partial charge in [0, 0.05) is 11.8 Å². The minimum atomic E-state index is -4.48. The molecule has 0 amide bonds. The Bertz CT molecular complexity index is 902. The van der Waals surface area contributed by atoms with Gasteiger partial charge in [-0.2, -0.15) is 18.3 Å². The fourth-order valence-corrected chi connectivity index (χ4v) is 2.41. The van der Waals surface area contributed by atoms with Gasteiger partial charge in [0.25, 0.3) is 0 Å². The highest BCUT2D eigenvalue weighted by Crippen LogP contribution is 2.32. The van der Waals surface area contributed by atoms with Crippen LogP contribution in [0.5, 0.6) is 0 Å². The van der Waals surface area contributed by atoms with Crippen molar-refractivity contribution >= 4 is 34.4 Å². The van der Waals surface area contributed by atoms with Crippen molar-refractivity contribution in [3.63, 3.8) is 0 Å². The van der Waals surface area contributed by atoms with Crippen molar-refractivity contribution in [3.8, 4) is 0 Å². The number of benzene rings is 2. The predicted octanol–water partition coefficient (Wildman–Crippen LogP) is 5.35. The van der Waals surface area contributed by atoms with Crippen molar-refractivity contribution in [3.05, 3.63) is 70.9 Å². The second-order valence-corrected chi connectivity index (χ2v) is 5.40. The fourth-order valence-electron chi connectivity index (χ4n) is 2.20. The van der Waals surface area contributed by atoms with E-state index in [9.17, 15) is 13.2 Å². The number of fused-ring (bicyclic) bond motifs is 1. The van der Waals surface area contributed by atoms with Crippen molar-refractivity contribution in [2.75, 3.05) is 5.43 Å². The minimum absolute atomic E-state index is 0.0566. The molecule has 0 aliphatic rings. The molecule has 0 aliphatic carbocycles. The number of hydrazone groups is 1. The zero-order chi connectivity index (χ0) is 17.2. The third-order valence-corrected chi connectivity index (χ3v) is 3.65. The lowest BCUT2D eigenvalue weighted by atomic mass is 10.1. The lowest BCUT2D eigenvalue weighted by Crippen LogP contribution is -2.06. The monoisotopic (exact) mass is 349 g/mol. The molecule has 3 rings (SSSR count). The first kappa shape index (κ1) is 16.3. The zero-order valence-corrected chi connectivity index (χ0v) is 12.9. The van der Waals surface area contributed by atoms with E-state index in [-0.39, 0.29) is 10.8 Å². The Kier molecular flexibility index (Phi) is 4.40. The van der Waals surface area contributed by atoms with Gasteiger partial charge in [-0.25, -0.2) is 4.98 Å². The number of nitrogens with one attached hydrogen (secondary N) is 1. The summed E-state index contributed by atoms with van der Waals surface area (Å²) >= 11 is 5.81. The molecule has 24 heavy (non-hydrogen) atoms. The number of rotatable bonds is 3. The van der Waals surface area contributed by atoms with Crippen LogP contribution in [0.3, 0.4) is 0 Å². The number of hydrogen-bond acceptors (Lipinski definition) is 3. The lowest BCUT2D eigenvalue weighted by Gasteiger charge is -2.08. The van der Waals surface area contributed by atoms with E-state index in [1.54, 1.807) is 6.21 Å². The lowest BCUT2D eigenvalue weighted by molar-refractivity contribution is -0.137. The Hall–Kier alpha value is -2.60. The maximum Gasteiger partial charge on any atom is 0.417 e. The zero-order valence-electron chi connectivity index (χ0n) is 12.2. The molecule has 1 aromatic heterocycles. The maximum atomic E-state index is 12.6. The second kappa shape index (κ2) is 6.49. The molecule has 2 aromatic carbocycles. The molecular formula is C17H11ClF3N3. The number of halogens is 4. The predicted molar refractivity (Wildman–Crippen MR) is 89.4 cm³/mol. The Labute approximate surface area is 140 Å². The Morgan fingerprint density at radius 1 is 1.08 bits per heavy atom. The summed E-state index contributed by atoms with van der Waals surface area (Å²) in [4.78, 5) is 3.66. The van der Waals surface area contributed by atoms with Crippen LogP contribution < -0.4 is 5.43 Å². The quantitative estimate of drug-likeness (QED) is 0.511. The van der Waals surface area contributed by atoms with Gasteiger partial charge in [-0.15, -0.1) is 0 Å².